The molecule has 1 aromatic rings. The van der Waals surface area contributed by atoms with Gasteiger partial charge in [0.2, 0.25) is 0 Å². The van der Waals surface area contributed by atoms with Crippen LogP contribution in [0.4, 0.5) is 0 Å². The maximum absolute atomic E-state index is 4.50. The van der Waals surface area contributed by atoms with Crippen molar-refractivity contribution in [3.63, 3.8) is 0 Å². The van der Waals surface area contributed by atoms with E-state index in [1.54, 1.807) is 0 Å². The molecule has 0 bridgehead atoms. The summed E-state index contributed by atoms with van der Waals surface area (Å²) in [6, 6.07) is 9.63. The highest BCUT2D eigenvalue weighted by Gasteiger charge is 2.21. The Morgan fingerprint density at radius 1 is 1.11 bits per heavy atom. The van der Waals surface area contributed by atoms with Crippen LogP contribution in [0.3, 0.4) is 0 Å². The second-order valence-electron chi connectivity index (χ2n) is 5.27. The number of rotatable bonds is 2. The van der Waals surface area contributed by atoms with E-state index in [-0.39, 0.29) is 6.17 Å². The fourth-order valence-corrected chi connectivity index (χ4v) is 2.47. The molecule has 96 valence electrons. The molecule has 2 aliphatic rings. The Labute approximate surface area is 108 Å². The lowest BCUT2D eigenvalue weighted by Gasteiger charge is -2.13. The molecule has 1 fully saturated rings. The van der Waals surface area contributed by atoms with E-state index < -0.39 is 0 Å². The molecule has 0 spiro atoms. The van der Waals surface area contributed by atoms with Crippen LogP contribution in [0.25, 0.3) is 0 Å². The fourth-order valence-electron chi connectivity index (χ4n) is 2.47. The van der Waals surface area contributed by atoms with Gasteiger partial charge >= 0.3 is 0 Å². The van der Waals surface area contributed by atoms with Crippen molar-refractivity contribution in [3.05, 3.63) is 35.4 Å². The summed E-state index contributed by atoms with van der Waals surface area (Å²) >= 11 is 0. The van der Waals surface area contributed by atoms with Crippen molar-refractivity contribution in [2.24, 2.45) is 4.99 Å². The van der Waals surface area contributed by atoms with Gasteiger partial charge in [0, 0.05) is 24.2 Å². The Balaban J connectivity index is 1.73. The number of nitrogens with one attached hydrogen (secondary N) is 3. The largest absolute Gasteiger partial charge is 0.366 e. The van der Waals surface area contributed by atoms with Crippen LogP contribution < -0.4 is 16.0 Å². The van der Waals surface area contributed by atoms with Crippen LogP contribution in [-0.4, -0.2) is 31.0 Å². The minimum absolute atomic E-state index is 0.284. The number of amidine groups is 1. The third-order valence-electron chi connectivity index (χ3n) is 3.50. The molecule has 4 heteroatoms. The molecule has 2 heterocycles. The quantitative estimate of drug-likeness (QED) is 0.727. The highest BCUT2D eigenvalue weighted by molar-refractivity contribution is 6.00. The highest BCUT2D eigenvalue weighted by Crippen LogP contribution is 2.16. The first-order valence-electron chi connectivity index (χ1n) is 6.63. The molecule has 0 amide bonds. The molecule has 3 unspecified atom stereocenters. The van der Waals surface area contributed by atoms with Crippen molar-refractivity contribution in [3.8, 4) is 0 Å². The van der Waals surface area contributed by atoms with Crippen molar-refractivity contribution in [2.45, 2.75) is 32.1 Å². The smallest absolute Gasteiger partial charge is 0.128 e. The van der Waals surface area contributed by atoms with Gasteiger partial charge in [-0.25, -0.2) is 0 Å². The van der Waals surface area contributed by atoms with E-state index in [9.17, 15) is 0 Å². The molecular formula is C14H20N4. The van der Waals surface area contributed by atoms with Crippen molar-refractivity contribution in [1.82, 2.24) is 16.0 Å². The van der Waals surface area contributed by atoms with Gasteiger partial charge in [0.05, 0.1) is 12.7 Å². The summed E-state index contributed by atoms with van der Waals surface area (Å²) in [5, 5.41) is 10.4. The molecule has 0 radical (unpaired) electrons. The van der Waals surface area contributed by atoms with Gasteiger partial charge in [-0.3, -0.25) is 15.6 Å². The van der Waals surface area contributed by atoms with E-state index in [0.717, 1.165) is 18.9 Å². The summed E-state index contributed by atoms with van der Waals surface area (Å²) in [7, 11) is 0. The van der Waals surface area contributed by atoms with Crippen molar-refractivity contribution in [2.75, 3.05) is 13.1 Å². The summed E-state index contributed by atoms with van der Waals surface area (Å²) in [5.74, 6) is 1.02. The second-order valence-corrected chi connectivity index (χ2v) is 5.27. The van der Waals surface area contributed by atoms with Crippen molar-refractivity contribution < 1.29 is 0 Å². The first-order valence-corrected chi connectivity index (χ1v) is 6.63. The lowest BCUT2D eigenvalue weighted by atomic mass is 10.1. The van der Waals surface area contributed by atoms with Gasteiger partial charge in [-0.05, 0) is 19.4 Å². The van der Waals surface area contributed by atoms with Gasteiger partial charge in [-0.1, -0.05) is 24.3 Å². The van der Waals surface area contributed by atoms with E-state index in [1.165, 1.54) is 11.1 Å². The Morgan fingerprint density at radius 3 is 2.44 bits per heavy atom. The van der Waals surface area contributed by atoms with Crippen LogP contribution in [-0.2, 0) is 0 Å². The number of nitrogens with zero attached hydrogens (tertiary/aromatic N) is 1. The normalized spacial score (nSPS) is 31.2. The zero-order valence-corrected chi connectivity index (χ0v) is 10.9. The maximum Gasteiger partial charge on any atom is 0.128 e. The minimum atomic E-state index is 0.284. The van der Waals surface area contributed by atoms with E-state index in [1.807, 2.05) is 0 Å². The molecule has 3 N–H and O–H groups in total. The third-order valence-corrected chi connectivity index (χ3v) is 3.50. The molecule has 18 heavy (non-hydrogen) atoms. The summed E-state index contributed by atoms with van der Waals surface area (Å²) in [6.45, 7) is 6.25. The molecule has 1 aromatic carbocycles. The average Bonchev–Trinajstić information content (AvgIpc) is 2.98. The molecule has 0 aliphatic carbocycles. The second kappa shape index (κ2) is 4.71. The fraction of sp³-hybridized carbons (Fsp3) is 0.500. The lowest BCUT2D eigenvalue weighted by molar-refractivity contribution is 0.560. The van der Waals surface area contributed by atoms with Gasteiger partial charge < -0.3 is 5.32 Å². The number of hydrogen-bond donors (Lipinski definition) is 3. The summed E-state index contributed by atoms with van der Waals surface area (Å²) in [6.07, 6.45) is 0.284. The monoisotopic (exact) mass is 244 g/mol. The topological polar surface area (TPSA) is 48.5 Å². The van der Waals surface area contributed by atoms with E-state index in [0.29, 0.717) is 12.1 Å². The van der Waals surface area contributed by atoms with E-state index in [2.05, 4.69) is 59.1 Å². The zero-order chi connectivity index (χ0) is 12.5. The van der Waals surface area contributed by atoms with Crippen LogP contribution >= 0.6 is 0 Å². The Hall–Kier alpha value is -1.39. The summed E-state index contributed by atoms with van der Waals surface area (Å²) in [4.78, 5) is 4.50. The maximum atomic E-state index is 4.50. The Morgan fingerprint density at radius 2 is 1.89 bits per heavy atom. The van der Waals surface area contributed by atoms with Gasteiger partial charge in [-0.15, -0.1) is 0 Å². The van der Waals surface area contributed by atoms with Crippen molar-refractivity contribution >= 4 is 5.84 Å². The minimum Gasteiger partial charge on any atom is -0.366 e. The van der Waals surface area contributed by atoms with Gasteiger partial charge in [0.15, 0.2) is 0 Å². The summed E-state index contributed by atoms with van der Waals surface area (Å²) in [5.41, 5.74) is 2.46. The molecule has 2 aliphatic heterocycles. The number of benzene rings is 1. The Kier molecular flexibility index (Phi) is 3.06. The van der Waals surface area contributed by atoms with Crippen LogP contribution in [0.2, 0.25) is 0 Å². The standard InChI is InChI=1S/C14H20N4/c1-9-7-15-13(17-9)11-3-5-12(6-4-11)14-16-8-10(2)18-14/h3-6,9-10,13,15,17H,7-8H2,1-2H3,(H,16,18). The molecule has 4 nitrogen and oxygen atoms in total. The average molecular weight is 244 g/mol. The molecule has 0 aromatic heterocycles. The Bertz CT molecular complexity index is 451. The van der Waals surface area contributed by atoms with Gasteiger partial charge in [0.1, 0.15) is 5.84 Å². The molecule has 3 atom stereocenters. The predicted molar refractivity (Wildman–Crippen MR) is 73.8 cm³/mol. The first-order chi connectivity index (χ1) is 8.72. The SMILES string of the molecule is CC1CN=C(c2ccc(C3NCC(C)N3)cc2)N1. The number of aliphatic imine (C=N–C) groups is 1. The zero-order valence-electron chi connectivity index (χ0n) is 10.9. The molecule has 0 saturated carbocycles. The van der Waals surface area contributed by atoms with Crippen LogP contribution in [0, 0.1) is 0 Å². The van der Waals surface area contributed by atoms with Crippen molar-refractivity contribution in [1.29, 1.82) is 0 Å². The third kappa shape index (κ3) is 2.26. The van der Waals surface area contributed by atoms with Gasteiger partial charge in [0.25, 0.3) is 0 Å². The molecule has 1 saturated heterocycles. The van der Waals surface area contributed by atoms with Crippen LogP contribution in [0.5, 0.6) is 0 Å². The van der Waals surface area contributed by atoms with E-state index in [4.69, 9.17) is 0 Å². The molecular weight excluding hydrogens is 224 g/mol. The lowest BCUT2D eigenvalue weighted by Crippen LogP contribution is -2.28. The highest BCUT2D eigenvalue weighted by atomic mass is 15.2. The molecule has 3 rings (SSSR count). The first kappa shape index (κ1) is 11.7. The summed E-state index contributed by atoms with van der Waals surface area (Å²) < 4.78 is 0. The predicted octanol–water partition coefficient (Wildman–Crippen LogP) is 1.00. The van der Waals surface area contributed by atoms with Gasteiger partial charge in [-0.2, -0.15) is 0 Å². The number of hydrogen-bond acceptors (Lipinski definition) is 4. The van der Waals surface area contributed by atoms with E-state index >= 15 is 0 Å². The van der Waals surface area contributed by atoms with Crippen LogP contribution in [0.15, 0.2) is 29.3 Å². The van der Waals surface area contributed by atoms with Crippen LogP contribution in [0.1, 0.15) is 31.1 Å².